The highest BCUT2D eigenvalue weighted by atomic mass is 35.5. The van der Waals surface area contributed by atoms with Gasteiger partial charge in [0.25, 0.3) is 5.91 Å². The molecule has 0 bridgehead atoms. The summed E-state index contributed by atoms with van der Waals surface area (Å²) in [5.74, 6) is 0.00198. The minimum absolute atomic E-state index is 0. The van der Waals surface area contributed by atoms with Crippen molar-refractivity contribution in [1.29, 1.82) is 0 Å². The molecule has 0 aromatic rings. The van der Waals surface area contributed by atoms with Gasteiger partial charge in [-0.25, -0.2) is 0 Å². The van der Waals surface area contributed by atoms with Crippen LogP contribution in [0.4, 0.5) is 0 Å². The maximum Gasteiger partial charge on any atom is 0.253 e. The Kier molecular flexibility index (Phi) is 6.54. The second-order valence-electron chi connectivity index (χ2n) is 4.89. The molecule has 2 rings (SSSR count). The van der Waals surface area contributed by atoms with Crippen molar-refractivity contribution in [2.45, 2.75) is 31.9 Å². The molecule has 2 N–H and O–H groups in total. The largest absolute Gasteiger partial charge is 0.366 e. The van der Waals surface area contributed by atoms with Crippen LogP contribution in [0.3, 0.4) is 0 Å². The molecule has 19 heavy (non-hydrogen) atoms. The van der Waals surface area contributed by atoms with E-state index in [1.54, 1.807) is 0 Å². The van der Waals surface area contributed by atoms with Gasteiger partial charge < -0.3 is 20.3 Å². The van der Waals surface area contributed by atoms with Crippen molar-refractivity contribution >= 4 is 24.2 Å². The van der Waals surface area contributed by atoms with Gasteiger partial charge >= 0.3 is 0 Å². The normalized spacial score (nSPS) is 27.3. The molecule has 2 heterocycles. The van der Waals surface area contributed by atoms with Gasteiger partial charge in [-0.3, -0.25) is 9.59 Å². The van der Waals surface area contributed by atoms with E-state index in [9.17, 15) is 9.59 Å². The quantitative estimate of drug-likeness (QED) is 0.721. The summed E-state index contributed by atoms with van der Waals surface area (Å²) in [7, 11) is 0. The molecular weight excluding hydrogens is 270 g/mol. The Balaban J connectivity index is 0.00000180. The zero-order chi connectivity index (χ0) is 13.0. The van der Waals surface area contributed by atoms with Crippen molar-refractivity contribution in [1.82, 2.24) is 15.5 Å². The molecule has 2 atom stereocenters. The Labute approximate surface area is 119 Å². The van der Waals surface area contributed by atoms with Gasteiger partial charge in [0, 0.05) is 39.1 Å². The number of carbonyl (C=O) groups excluding carboxylic acids is 2. The third kappa shape index (κ3) is 4.63. The molecule has 2 aliphatic rings. The van der Waals surface area contributed by atoms with Crippen LogP contribution in [0.5, 0.6) is 0 Å². The molecule has 2 aliphatic heterocycles. The number of ether oxygens (including phenoxy) is 1. The minimum Gasteiger partial charge on any atom is -0.366 e. The molecule has 0 radical (unpaired) electrons. The zero-order valence-corrected chi connectivity index (χ0v) is 12.0. The van der Waals surface area contributed by atoms with Crippen LogP contribution in [-0.2, 0) is 14.3 Å². The molecule has 2 amide bonds. The topological polar surface area (TPSA) is 70.7 Å². The van der Waals surface area contributed by atoms with Crippen LogP contribution >= 0.6 is 12.4 Å². The van der Waals surface area contributed by atoms with Gasteiger partial charge in [0.15, 0.2) is 0 Å². The van der Waals surface area contributed by atoms with Crippen LogP contribution in [0, 0.1) is 0 Å². The van der Waals surface area contributed by atoms with E-state index < -0.39 is 0 Å². The van der Waals surface area contributed by atoms with Gasteiger partial charge in [-0.1, -0.05) is 0 Å². The van der Waals surface area contributed by atoms with Crippen LogP contribution in [0.2, 0.25) is 0 Å². The number of piperidine rings is 1. The van der Waals surface area contributed by atoms with Gasteiger partial charge in [-0.2, -0.15) is 0 Å². The van der Waals surface area contributed by atoms with Crippen molar-refractivity contribution < 1.29 is 14.3 Å². The van der Waals surface area contributed by atoms with E-state index in [-0.39, 0.29) is 36.4 Å². The molecular formula is C12H22ClN3O3. The summed E-state index contributed by atoms with van der Waals surface area (Å²) in [5.41, 5.74) is 0. The SMILES string of the molecule is CC(=O)NC1CCCN(C(=O)C2CNCCO2)C1.Cl. The first-order valence-electron chi connectivity index (χ1n) is 6.55. The lowest BCUT2D eigenvalue weighted by atomic mass is 10.0. The van der Waals surface area contributed by atoms with Gasteiger partial charge in [-0.05, 0) is 12.8 Å². The average molecular weight is 292 g/mol. The number of nitrogens with zero attached hydrogens (tertiary/aromatic N) is 1. The lowest BCUT2D eigenvalue weighted by Crippen LogP contribution is -2.55. The van der Waals surface area contributed by atoms with E-state index in [0.29, 0.717) is 19.7 Å². The Morgan fingerprint density at radius 1 is 1.42 bits per heavy atom. The molecule has 0 spiro atoms. The van der Waals surface area contributed by atoms with E-state index in [1.807, 2.05) is 4.90 Å². The molecule has 2 fully saturated rings. The smallest absolute Gasteiger partial charge is 0.253 e. The highest BCUT2D eigenvalue weighted by Crippen LogP contribution is 2.13. The number of carbonyl (C=O) groups is 2. The summed E-state index contributed by atoms with van der Waals surface area (Å²) in [6.45, 7) is 4.83. The van der Waals surface area contributed by atoms with Crippen molar-refractivity contribution in [2.75, 3.05) is 32.8 Å². The summed E-state index contributed by atoms with van der Waals surface area (Å²) in [6, 6.07) is 0.0803. The van der Waals surface area contributed by atoms with Crippen molar-refractivity contribution in [3.05, 3.63) is 0 Å². The standard InChI is InChI=1S/C12H21N3O3.ClH/c1-9(16)14-10-3-2-5-15(8-10)12(17)11-7-13-4-6-18-11;/h10-11,13H,2-8H2,1H3,(H,14,16);1H. The molecule has 2 saturated heterocycles. The average Bonchev–Trinajstić information content (AvgIpc) is 2.38. The highest BCUT2D eigenvalue weighted by Gasteiger charge is 2.30. The predicted molar refractivity (Wildman–Crippen MR) is 73.3 cm³/mol. The van der Waals surface area contributed by atoms with Crippen molar-refractivity contribution in [3.8, 4) is 0 Å². The van der Waals surface area contributed by atoms with Crippen LogP contribution in [0.15, 0.2) is 0 Å². The number of halogens is 1. The second-order valence-corrected chi connectivity index (χ2v) is 4.89. The number of amides is 2. The van der Waals surface area contributed by atoms with E-state index >= 15 is 0 Å². The summed E-state index contributed by atoms with van der Waals surface area (Å²) >= 11 is 0. The van der Waals surface area contributed by atoms with Gasteiger partial charge in [0.2, 0.25) is 5.91 Å². The maximum atomic E-state index is 12.2. The Morgan fingerprint density at radius 3 is 2.84 bits per heavy atom. The molecule has 0 saturated carbocycles. The van der Waals surface area contributed by atoms with Crippen LogP contribution in [0.25, 0.3) is 0 Å². The van der Waals surface area contributed by atoms with E-state index in [2.05, 4.69) is 10.6 Å². The fraction of sp³-hybridized carbons (Fsp3) is 0.833. The first-order chi connectivity index (χ1) is 8.66. The maximum absolute atomic E-state index is 12.2. The molecule has 110 valence electrons. The van der Waals surface area contributed by atoms with Crippen molar-refractivity contribution in [2.24, 2.45) is 0 Å². The predicted octanol–water partition coefficient (Wildman–Crippen LogP) is -0.476. The summed E-state index contributed by atoms with van der Waals surface area (Å²) < 4.78 is 5.47. The van der Waals surface area contributed by atoms with Crippen LogP contribution < -0.4 is 10.6 Å². The van der Waals surface area contributed by atoms with Crippen molar-refractivity contribution in [3.63, 3.8) is 0 Å². The van der Waals surface area contributed by atoms with Crippen LogP contribution in [0.1, 0.15) is 19.8 Å². The first-order valence-corrected chi connectivity index (χ1v) is 6.55. The lowest BCUT2D eigenvalue weighted by Gasteiger charge is -2.36. The minimum atomic E-state index is -0.366. The number of nitrogens with one attached hydrogen (secondary N) is 2. The Bertz CT molecular complexity index is 321. The lowest BCUT2D eigenvalue weighted by molar-refractivity contribution is -0.147. The number of likely N-dealkylation sites (tertiary alicyclic amines) is 1. The third-order valence-corrected chi connectivity index (χ3v) is 3.34. The fourth-order valence-electron chi connectivity index (χ4n) is 2.51. The van der Waals surface area contributed by atoms with E-state index in [4.69, 9.17) is 4.74 Å². The van der Waals surface area contributed by atoms with E-state index in [1.165, 1.54) is 6.92 Å². The first kappa shape index (κ1) is 16.2. The second kappa shape index (κ2) is 7.67. The summed E-state index contributed by atoms with van der Waals surface area (Å²) in [5, 5.41) is 6.04. The summed E-state index contributed by atoms with van der Waals surface area (Å²) in [4.78, 5) is 25.1. The fourth-order valence-corrected chi connectivity index (χ4v) is 2.51. The Morgan fingerprint density at radius 2 is 2.21 bits per heavy atom. The molecule has 0 aliphatic carbocycles. The van der Waals surface area contributed by atoms with Gasteiger partial charge in [-0.15, -0.1) is 12.4 Å². The molecule has 7 heteroatoms. The molecule has 2 unspecified atom stereocenters. The number of hydrogen-bond acceptors (Lipinski definition) is 4. The number of rotatable bonds is 2. The third-order valence-electron chi connectivity index (χ3n) is 3.34. The van der Waals surface area contributed by atoms with Gasteiger partial charge in [0.05, 0.1) is 6.61 Å². The zero-order valence-electron chi connectivity index (χ0n) is 11.2. The van der Waals surface area contributed by atoms with Crippen LogP contribution in [-0.4, -0.2) is 61.6 Å². The summed E-state index contributed by atoms with van der Waals surface area (Å²) in [6.07, 6.45) is 1.50. The van der Waals surface area contributed by atoms with E-state index in [0.717, 1.165) is 25.9 Å². The molecule has 6 nitrogen and oxygen atoms in total. The Hall–Kier alpha value is -0.850. The number of hydrogen-bond donors (Lipinski definition) is 2. The highest BCUT2D eigenvalue weighted by molar-refractivity contribution is 5.85. The van der Waals surface area contributed by atoms with Gasteiger partial charge in [0.1, 0.15) is 6.10 Å². The molecule has 0 aromatic heterocycles. The number of morpholine rings is 1. The molecule has 0 aromatic carbocycles. The monoisotopic (exact) mass is 291 g/mol.